The molecule has 1 atom stereocenters. The van der Waals surface area contributed by atoms with E-state index in [0.29, 0.717) is 46.1 Å². The Labute approximate surface area is 241 Å². The third-order valence-electron chi connectivity index (χ3n) is 7.55. The Morgan fingerprint density at radius 3 is 2.50 bits per heavy atom. The van der Waals surface area contributed by atoms with Gasteiger partial charge < -0.3 is 19.5 Å². The van der Waals surface area contributed by atoms with Gasteiger partial charge in [-0.05, 0) is 26.0 Å². The van der Waals surface area contributed by atoms with E-state index >= 15 is 0 Å². The molecule has 11 nitrogen and oxygen atoms in total. The molecular formula is C31H29N7O4. The highest BCUT2D eigenvalue weighted by Crippen LogP contribution is 2.34. The molecule has 0 saturated carbocycles. The van der Waals surface area contributed by atoms with E-state index in [-0.39, 0.29) is 30.6 Å². The minimum atomic E-state index is -0.676. The van der Waals surface area contributed by atoms with Gasteiger partial charge in [0.1, 0.15) is 11.4 Å². The number of aromatic nitrogens is 5. The topological polar surface area (TPSA) is 137 Å². The number of carbonyl (C=O) groups excluding carboxylic acids is 3. The first-order chi connectivity index (χ1) is 20.4. The number of aromatic amines is 2. The number of benzene rings is 2. The summed E-state index contributed by atoms with van der Waals surface area (Å²) in [6.45, 7) is 4.70. The van der Waals surface area contributed by atoms with Gasteiger partial charge in [0.05, 0.1) is 29.8 Å². The molecule has 1 fully saturated rings. The summed E-state index contributed by atoms with van der Waals surface area (Å²) in [5, 5.41) is 7.70. The van der Waals surface area contributed by atoms with E-state index in [9.17, 15) is 14.4 Å². The Morgan fingerprint density at radius 1 is 1.02 bits per heavy atom. The van der Waals surface area contributed by atoms with E-state index in [1.54, 1.807) is 17.0 Å². The molecule has 2 amide bonds. The number of hydrogen-bond donors (Lipinski definition) is 2. The number of carbonyl (C=O) groups is 3. The minimum absolute atomic E-state index is 0.0964. The van der Waals surface area contributed by atoms with Crippen LogP contribution in [0.25, 0.3) is 33.8 Å². The molecule has 212 valence electrons. The second kappa shape index (κ2) is 10.9. The van der Waals surface area contributed by atoms with E-state index in [4.69, 9.17) is 4.74 Å². The minimum Gasteiger partial charge on any atom is -0.494 e. The zero-order valence-corrected chi connectivity index (χ0v) is 23.4. The highest BCUT2D eigenvalue weighted by atomic mass is 16.5. The molecule has 0 aliphatic carbocycles. The Balaban J connectivity index is 1.25. The first kappa shape index (κ1) is 26.9. The van der Waals surface area contributed by atoms with Crippen LogP contribution in [0.1, 0.15) is 33.2 Å². The molecule has 6 rings (SSSR count). The van der Waals surface area contributed by atoms with E-state index in [1.165, 1.54) is 24.4 Å². The number of nitrogens with one attached hydrogen (secondary N) is 2. The number of H-pyrrole nitrogens is 2. The number of methoxy groups -OCH3 is 1. The van der Waals surface area contributed by atoms with Crippen molar-refractivity contribution in [2.45, 2.75) is 19.9 Å². The molecule has 1 saturated heterocycles. The molecule has 4 heterocycles. The quantitative estimate of drug-likeness (QED) is 0.236. The Morgan fingerprint density at radius 2 is 1.79 bits per heavy atom. The monoisotopic (exact) mass is 563 g/mol. The third-order valence-corrected chi connectivity index (χ3v) is 7.55. The Bertz CT molecular complexity index is 1790. The van der Waals surface area contributed by atoms with Gasteiger partial charge in [-0.2, -0.15) is 5.10 Å². The maximum atomic E-state index is 13.6. The van der Waals surface area contributed by atoms with Crippen LogP contribution in [0.2, 0.25) is 0 Å². The number of aryl methyl sites for hydroxylation is 1. The number of nitrogens with zero attached hydrogens (tertiary/aromatic N) is 5. The molecule has 5 aromatic rings. The smallest absolute Gasteiger partial charge is 0.295 e. The first-order valence-corrected chi connectivity index (χ1v) is 13.6. The fourth-order valence-corrected chi connectivity index (χ4v) is 5.28. The Hall–Kier alpha value is -5.32. The molecule has 42 heavy (non-hydrogen) atoms. The first-order valence-electron chi connectivity index (χ1n) is 13.6. The van der Waals surface area contributed by atoms with Gasteiger partial charge in [-0.25, -0.2) is 9.97 Å². The SMILES string of the molecule is COc1cnc(-c2nc(-c3ccc(C)cc3)n[nH]2)c2[nH]cc(C(=O)C(=O)N3CCN(C(=O)c4ccccc4)[C@H](C)C3)c12. The zero-order valence-electron chi connectivity index (χ0n) is 23.4. The van der Waals surface area contributed by atoms with E-state index in [0.717, 1.165) is 11.1 Å². The predicted octanol–water partition coefficient (Wildman–Crippen LogP) is 3.89. The lowest BCUT2D eigenvalue weighted by atomic mass is 10.1. The molecule has 0 unspecified atom stereocenters. The normalized spacial score (nSPS) is 15.2. The van der Waals surface area contributed by atoms with Gasteiger partial charge in [-0.1, -0.05) is 48.0 Å². The fraction of sp³-hybridized carbons (Fsp3) is 0.226. The second-order valence-corrected chi connectivity index (χ2v) is 10.3. The molecular weight excluding hydrogens is 534 g/mol. The van der Waals surface area contributed by atoms with Crippen molar-refractivity contribution in [1.29, 1.82) is 0 Å². The molecule has 11 heteroatoms. The van der Waals surface area contributed by atoms with Gasteiger partial charge in [0.15, 0.2) is 11.6 Å². The number of Topliss-reactive ketones (excluding diaryl/α,β-unsaturated/α-hetero) is 1. The molecule has 2 aromatic carbocycles. The highest BCUT2D eigenvalue weighted by Gasteiger charge is 2.34. The Kier molecular flexibility index (Phi) is 6.99. The largest absolute Gasteiger partial charge is 0.494 e. The van der Waals surface area contributed by atoms with Crippen LogP contribution in [-0.4, -0.2) is 85.3 Å². The average molecular weight is 564 g/mol. The van der Waals surface area contributed by atoms with Crippen LogP contribution in [0.15, 0.2) is 67.0 Å². The van der Waals surface area contributed by atoms with Crippen LogP contribution < -0.4 is 4.74 Å². The lowest BCUT2D eigenvalue weighted by Gasteiger charge is -2.39. The number of rotatable bonds is 6. The van der Waals surface area contributed by atoms with Crippen molar-refractivity contribution in [3.63, 3.8) is 0 Å². The van der Waals surface area contributed by atoms with Crippen LogP contribution in [0, 0.1) is 6.92 Å². The van der Waals surface area contributed by atoms with Crippen molar-refractivity contribution in [3.05, 3.63) is 83.7 Å². The molecule has 1 aliphatic rings. The summed E-state index contributed by atoms with van der Waals surface area (Å²) in [5.41, 5.74) is 3.66. The summed E-state index contributed by atoms with van der Waals surface area (Å²) in [6, 6.07) is 16.6. The summed E-state index contributed by atoms with van der Waals surface area (Å²) < 4.78 is 5.53. The van der Waals surface area contributed by atoms with Crippen LogP contribution >= 0.6 is 0 Å². The zero-order chi connectivity index (χ0) is 29.4. The molecule has 0 spiro atoms. The number of amides is 2. The highest BCUT2D eigenvalue weighted by molar-refractivity contribution is 6.45. The van der Waals surface area contributed by atoms with E-state index in [1.807, 2.05) is 56.3 Å². The number of ketones is 1. The number of piperazine rings is 1. The third kappa shape index (κ3) is 4.78. The van der Waals surface area contributed by atoms with Crippen LogP contribution in [0.3, 0.4) is 0 Å². The van der Waals surface area contributed by atoms with Crippen LogP contribution in [0.5, 0.6) is 5.75 Å². The predicted molar refractivity (Wildman–Crippen MR) is 156 cm³/mol. The van der Waals surface area contributed by atoms with Crippen molar-refractivity contribution in [3.8, 4) is 28.7 Å². The van der Waals surface area contributed by atoms with Gasteiger partial charge >= 0.3 is 0 Å². The lowest BCUT2D eigenvalue weighted by molar-refractivity contribution is -0.128. The standard InChI is InChI=1S/C31H29N7O4/c1-18-9-11-20(12-10-18)28-34-29(36-35-28)26-25-24(23(42-3)16-33-26)22(15-32-25)27(39)31(41)37-13-14-38(19(2)17-37)30(40)21-7-5-4-6-8-21/h4-12,15-16,19,32H,13-14,17H2,1-3H3,(H,34,35,36)/t19-/m1/s1. The van der Waals surface area contributed by atoms with Crippen LogP contribution in [-0.2, 0) is 4.79 Å². The van der Waals surface area contributed by atoms with E-state index < -0.39 is 11.7 Å². The van der Waals surface area contributed by atoms with Crippen molar-refractivity contribution < 1.29 is 19.1 Å². The molecule has 0 radical (unpaired) electrons. The average Bonchev–Trinajstić information content (AvgIpc) is 3.69. The summed E-state index contributed by atoms with van der Waals surface area (Å²) in [4.78, 5) is 55.5. The number of fused-ring (bicyclic) bond motifs is 1. The van der Waals surface area contributed by atoms with Crippen molar-refractivity contribution in [2.24, 2.45) is 0 Å². The summed E-state index contributed by atoms with van der Waals surface area (Å²) in [5.74, 6) is -0.163. The molecule has 0 bridgehead atoms. The van der Waals surface area contributed by atoms with Crippen LogP contribution in [0.4, 0.5) is 0 Å². The molecule has 1 aliphatic heterocycles. The fourth-order valence-electron chi connectivity index (χ4n) is 5.28. The number of hydrogen-bond acceptors (Lipinski definition) is 7. The van der Waals surface area contributed by atoms with Crippen molar-refractivity contribution in [1.82, 2.24) is 34.9 Å². The maximum Gasteiger partial charge on any atom is 0.295 e. The summed E-state index contributed by atoms with van der Waals surface area (Å²) in [7, 11) is 1.48. The van der Waals surface area contributed by atoms with Gasteiger partial charge in [0, 0.05) is 43.0 Å². The maximum absolute atomic E-state index is 13.6. The number of ether oxygens (including phenoxy) is 1. The number of pyridine rings is 1. The van der Waals surface area contributed by atoms with E-state index in [2.05, 4.69) is 25.1 Å². The second-order valence-electron chi connectivity index (χ2n) is 10.3. The van der Waals surface area contributed by atoms with Gasteiger partial charge in [-0.15, -0.1) is 0 Å². The molecule has 3 aromatic heterocycles. The van der Waals surface area contributed by atoms with Crippen molar-refractivity contribution in [2.75, 3.05) is 26.7 Å². The van der Waals surface area contributed by atoms with Gasteiger partial charge in [0.25, 0.3) is 17.6 Å². The van der Waals surface area contributed by atoms with Gasteiger partial charge in [0.2, 0.25) is 0 Å². The van der Waals surface area contributed by atoms with Gasteiger partial charge in [-0.3, -0.25) is 19.5 Å². The van der Waals surface area contributed by atoms with Crippen molar-refractivity contribution >= 4 is 28.5 Å². The molecule has 2 N–H and O–H groups in total. The summed E-state index contributed by atoms with van der Waals surface area (Å²) >= 11 is 0. The summed E-state index contributed by atoms with van der Waals surface area (Å²) in [6.07, 6.45) is 2.99. The lowest BCUT2D eigenvalue weighted by Crippen LogP contribution is -2.56.